The Morgan fingerprint density at radius 3 is 2.25 bits per heavy atom. The third kappa shape index (κ3) is 5.57. The van der Waals surface area contributed by atoms with E-state index in [4.69, 9.17) is 19.6 Å². The van der Waals surface area contributed by atoms with Gasteiger partial charge >= 0.3 is 5.97 Å². The molecular formula is C30H38FN3O6. The Hall–Kier alpha value is -3.82. The first-order valence-electron chi connectivity index (χ1n) is 13.4. The number of anilines is 1. The minimum absolute atomic E-state index is 0.0686. The van der Waals surface area contributed by atoms with Gasteiger partial charge in [0.25, 0.3) is 0 Å². The van der Waals surface area contributed by atoms with Gasteiger partial charge in [0.1, 0.15) is 11.6 Å². The molecule has 0 atom stereocenters. The van der Waals surface area contributed by atoms with E-state index in [0.29, 0.717) is 30.0 Å². The molecule has 9 nitrogen and oxygen atoms in total. The van der Waals surface area contributed by atoms with E-state index in [-0.39, 0.29) is 59.5 Å². The number of piperidine rings is 1. The number of methoxy groups -OCH3 is 3. The number of carboxylic acids is 1. The summed E-state index contributed by atoms with van der Waals surface area (Å²) in [6.45, 7) is 7.57. The molecule has 2 N–H and O–H groups in total. The van der Waals surface area contributed by atoms with E-state index in [1.807, 2.05) is 12.1 Å². The monoisotopic (exact) mass is 555 g/mol. The van der Waals surface area contributed by atoms with Crippen molar-refractivity contribution in [2.24, 2.45) is 5.92 Å². The molecule has 4 rings (SSSR count). The molecule has 0 spiro atoms. The van der Waals surface area contributed by atoms with Crippen LogP contribution in [0.1, 0.15) is 67.1 Å². The highest BCUT2D eigenvalue weighted by Gasteiger charge is 2.34. The molecule has 1 fully saturated rings. The number of hydrogen-bond donors (Lipinski definition) is 2. The van der Waals surface area contributed by atoms with Crippen molar-refractivity contribution in [2.75, 3.05) is 45.9 Å². The van der Waals surface area contributed by atoms with E-state index in [1.165, 1.54) is 14.2 Å². The number of benzene rings is 2. The van der Waals surface area contributed by atoms with Crippen LogP contribution < -0.4 is 19.1 Å². The summed E-state index contributed by atoms with van der Waals surface area (Å²) in [6.07, 6.45) is 1.62. The summed E-state index contributed by atoms with van der Waals surface area (Å²) in [5.74, 6) is -0.758. The van der Waals surface area contributed by atoms with Crippen LogP contribution in [0.15, 0.2) is 18.2 Å². The Bertz CT molecular complexity index is 1330. The largest absolute Gasteiger partial charge is 0.494 e. The lowest BCUT2D eigenvalue weighted by atomic mass is 9.83. The Morgan fingerprint density at radius 2 is 1.70 bits per heavy atom. The van der Waals surface area contributed by atoms with Gasteiger partial charge in [-0.1, -0.05) is 20.8 Å². The maximum Gasteiger partial charge on any atom is 0.303 e. The number of aliphatic carboxylic acids is 1. The van der Waals surface area contributed by atoms with Gasteiger partial charge in [0.2, 0.25) is 0 Å². The van der Waals surface area contributed by atoms with Gasteiger partial charge in [-0.05, 0) is 47.9 Å². The fourth-order valence-corrected chi connectivity index (χ4v) is 5.63. The summed E-state index contributed by atoms with van der Waals surface area (Å²) in [5.41, 5.74) is 2.50. The summed E-state index contributed by atoms with van der Waals surface area (Å²) in [7, 11) is 4.39. The number of fused-ring (bicyclic) bond motifs is 1. The topological polar surface area (TPSA) is 112 Å². The van der Waals surface area contributed by atoms with Gasteiger partial charge in [0.05, 0.1) is 39.1 Å². The molecule has 40 heavy (non-hydrogen) atoms. The number of nitrogens with zero attached hydrogens (tertiary/aromatic N) is 2. The Morgan fingerprint density at radius 1 is 1.05 bits per heavy atom. The summed E-state index contributed by atoms with van der Waals surface area (Å²) in [5, 5.41) is 17.8. The van der Waals surface area contributed by atoms with Crippen molar-refractivity contribution in [3.8, 4) is 17.2 Å². The van der Waals surface area contributed by atoms with Crippen molar-refractivity contribution in [2.45, 2.75) is 52.0 Å². The minimum atomic E-state index is -0.787. The quantitative estimate of drug-likeness (QED) is 0.422. The number of ether oxygens (including phenoxy) is 3. The summed E-state index contributed by atoms with van der Waals surface area (Å²) in [6, 6.07) is 5.32. The fraction of sp³-hybridized carbons (Fsp3) is 0.500. The second kappa shape index (κ2) is 11.3. The van der Waals surface area contributed by atoms with Crippen LogP contribution in [0.3, 0.4) is 0 Å². The van der Waals surface area contributed by atoms with Crippen molar-refractivity contribution >= 4 is 23.3 Å². The molecule has 2 aliphatic rings. The van der Waals surface area contributed by atoms with Crippen molar-refractivity contribution in [1.82, 2.24) is 4.90 Å². The molecule has 2 heterocycles. The molecule has 2 aliphatic heterocycles. The second-order valence-corrected chi connectivity index (χ2v) is 11.4. The molecular weight excluding hydrogens is 517 g/mol. The first kappa shape index (κ1) is 29.2. The highest BCUT2D eigenvalue weighted by atomic mass is 19.1. The Kier molecular flexibility index (Phi) is 8.28. The molecule has 0 amide bonds. The molecule has 0 bridgehead atoms. The zero-order valence-corrected chi connectivity index (χ0v) is 24.0. The van der Waals surface area contributed by atoms with E-state index < -0.39 is 11.8 Å². The van der Waals surface area contributed by atoms with Gasteiger partial charge in [-0.15, -0.1) is 0 Å². The van der Waals surface area contributed by atoms with E-state index in [9.17, 15) is 14.7 Å². The predicted molar refractivity (Wildman–Crippen MR) is 150 cm³/mol. The predicted octanol–water partition coefficient (Wildman–Crippen LogP) is 4.86. The number of halogens is 1. The number of hydrogen-bond acceptors (Lipinski definition) is 7. The number of carbonyl (C=O) groups is 2. The van der Waals surface area contributed by atoms with E-state index in [1.54, 1.807) is 18.1 Å². The van der Waals surface area contributed by atoms with Crippen LogP contribution in [0.2, 0.25) is 0 Å². The number of rotatable bonds is 9. The van der Waals surface area contributed by atoms with Crippen LogP contribution in [-0.2, 0) is 16.8 Å². The smallest absolute Gasteiger partial charge is 0.303 e. The lowest BCUT2D eigenvalue weighted by Crippen LogP contribution is -2.35. The summed E-state index contributed by atoms with van der Waals surface area (Å²) in [4.78, 5) is 28.6. The molecule has 216 valence electrons. The van der Waals surface area contributed by atoms with Gasteiger partial charge in [0, 0.05) is 37.2 Å². The van der Waals surface area contributed by atoms with Gasteiger partial charge in [-0.3, -0.25) is 15.0 Å². The standard InChI is InChI=1S/C30H38FN3O6/c1-30(2,3)20-12-18(13-21(27(20)39-5)33-9-7-17(8-10-33)11-24(36)37)22(35)16-34-15-19-14-23(38-4)28(40-6)26(31)25(19)29(34)32/h12-14,17,32H,7-11,15-16H2,1-6H3,(H,36,37). The number of carboxylic acid groups (broad SMARTS) is 1. The first-order chi connectivity index (χ1) is 18.9. The maximum absolute atomic E-state index is 15.2. The van der Waals surface area contributed by atoms with Gasteiger partial charge in [0.15, 0.2) is 23.1 Å². The fourth-order valence-electron chi connectivity index (χ4n) is 5.63. The molecule has 1 saturated heterocycles. The number of ketones is 1. The van der Waals surface area contributed by atoms with E-state index in [2.05, 4.69) is 25.7 Å². The van der Waals surface area contributed by atoms with E-state index >= 15 is 4.39 Å². The van der Waals surface area contributed by atoms with E-state index in [0.717, 1.165) is 24.1 Å². The molecule has 0 radical (unpaired) electrons. The number of nitrogens with one attached hydrogen (secondary N) is 1. The normalized spacial score (nSPS) is 15.7. The Balaban J connectivity index is 1.64. The summed E-state index contributed by atoms with van der Waals surface area (Å²) < 4.78 is 31.5. The molecule has 10 heteroatoms. The van der Waals surface area contributed by atoms with Gasteiger partial charge in [-0.25, -0.2) is 4.39 Å². The van der Waals surface area contributed by atoms with Crippen LogP contribution in [-0.4, -0.2) is 68.6 Å². The lowest BCUT2D eigenvalue weighted by molar-refractivity contribution is -0.138. The number of carbonyl (C=O) groups excluding carboxylic acids is 1. The third-order valence-corrected chi connectivity index (χ3v) is 7.76. The molecule has 2 aromatic carbocycles. The SMILES string of the molecule is COc1cc2c(c(F)c1OC)C(=N)N(CC(=O)c1cc(N3CCC(CC(=O)O)CC3)c(OC)c(C(C)(C)C)c1)C2. The minimum Gasteiger partial charge on any atom is -0.494 e. The van der Waals surface area contributed by atoms with Crippen LogP contribution in [0, 0.1) is 17.1 Å². The summed E-state index contributed by atoms with van der Waals surface area (Å²) >= 11 is 0. The Labute approximate surface area is 234 Å². The number of Topliss-reactive ketones (excluding diaryl/α,β-unsaturated/α-hetero) is 1. The van der Waals surface area contributed by atoms with Crippen molar-refractivity contribution in [3.63, 3.8) is 0 Å². The van der Waals surface area contributed by atoms with Crippen molar-refractivity contribution in [1.29, 1.82) is 5.41 Å². The van der Waals surface area contributed by atoms with Crippen molar-refractivity contribution < 1.29 is 33.3 Å². The van der Waals surface area contributed by atoms with Crippen LogP contribution in [0.25, 0.3) is 0 Å². The zero-order valence-electron chi connectivity index (χ0n) is 24.0. The molecule has 0 unspecified atom stereocenters. The maximum atomic E-state index is 15.2. The molecule has 2 aromatic rings. The van der Waals surface area contributed by atoms with Gasteiger partial charge < -0.3 is 29.1 Å². The van der Waals surface area contributed by atoms with Crippen LogP contribution >= 0.6 is 0 Å². The van der Waals surface area contributed by atoms with Crippen LogP contribution in [0.5, 0.6) is 17.2 Å². The first-order valence-corrected chi connectivity index (χ1v) is 13.4. The highest BCUT2D eigenvalue weighted by molar-refractivity contribution is 6.06. The molecule has 0 aliphatic carbocycles. The molecule has 0 aromatic heterocycles. The van der Waals surface area contributed by atoms with Crippen molar-refractivity contribution in [3.05, 3.63) is 46.3 Å². The molecule has 0 saturated carbocycles. The van der Waals surface area contributed by atoms with Crippen LogP contribution in [0.4, 0.5) is 10.1 Å². The number of amidine groups is 1. The average molecular weight is 556 g/mol. The zero-order chi connectivity index (χ0) is 29.4. The average Bonchev–Trinajstić information content (AvgIpc) is 3.21. The second-order valence-electron chi connectivity index (χ2n) is 11.4. The highest BCUT2D eigenvalue weighted by Crippen LogP contribution is 2.42. The lowest BCUT2D eigenvalue weighted by Gasteiger charge is -2.36. The van der Waals surface area contributed by atoms with Gasteiger partial charge in [-0.2, -0.15) is 0 Å². The third-order valence-electron chi connectivity index (χ3n) is 7.76.